The molecule has 0 spiro atoms. The van der Waals surface area contributed by atoms with Crippen molar-refractivity contribution >= 4 is 75.9 Å². The fourth-order valence-corrected chi connectivity index (χ4v) is 9.76. The molecule has 2 heterocycles. The predicted molar refractivity (Wildman–Crippen MR) is 324 cm³/mol. The second-order valence-electron chi connectivity index (χ2n) is 22.5. The van der Waals surface area contributed by atoms with Crippen molar-refractivity contribution in [3.8, 4) is 5.75 Å². The van der Waals surface area contributed by atoms with Crippen molar-refractivity contribution in [2.45, 2.75) is 131 Å². The number of nitrogens with zero attached hydrogens (tertiary/aromatic N) is 2. The Morgan fingerprint density at radius 2 is 0.968 bits per heavy atom. The van der Waals surface area contributed by atoms with Crippen LogP contribution < -0.4 is 59.7 Å². The third-order valence-electron chi connectivity index (χ3n) is 14.8. The van der Waals surface area contributed by atoms with Crippen molar-refractivity contribution in [3.05, 3.63) is 137 Å². The zero-order chi connectivity index (χ0) is 68.3. The molecule has 29 nitrogen and oxygen atoms in total. The molecule has 0 saturated heterocycles. The van der Waals surface area contributed by atoms with Crippen LogP contribution in [0.25, 0.3) is 10.9 Å². The van der Waals surface area contributed by atoms with E-state index in [1.54, 1.807) is 74.6 Å². The number of benzene rings is 4. The van der Waals surface area contributed by atoms with Gasteiger partial charge in [0.1, 0.15) is 54.1 Å². The van der Waals surface area contributed by atoms with Crippen LogP contribution in [0.1, 0.15) is 67.3 Å². The van der Waals surface area contributed by atoms with E-state index in [0.29, 0.717) is 33.2 Å². The molecule has 0 unspecified atom stereocenters. The molecule has 0 saturated carbocycles. The van der Waals surface area contributed by atoms with Gasteiger partial charge in [-0.2, -0.15) is 13.2 Å². The number of fused-ring (bicyclic) bond motifs is 1. The van der Waals surface area contributed by atoms with E-state index in [1.807, 2.05) is 0 Å². The number of halogens is 3. The molecule has 0 radical (unpaired) electrons. The van der Waals surface area contributed by atoms with Gasteiger partial charge >= 0.3 is 17.8 Å². The number of para-hydroxylation sites is 1. The quantitative estimate of drug-likeness (QED) is 0.0226. The summed E-state index contributed by atoms with van der Waals surface area (Å²) in [5, 5.41) is 66.3. The number of alkyl halides is 3. The Morgan fingerprint density at radius 3 is 1.49 bits per heavy atom. The Kier molecular flexibility index (Phi) is 25.1. The molecule has 19 N–H and O–H groups in total. The number of primary amides is 2. The minimum Gasteiger partial charge on any atom is -0.508 e. The van der Waals surface area contributed by atoms with Crippen LogP contribution in [-0.4, -0.2) is 164 Å². The number of aromatic nitrogens is 1. The van der Waals surface area contributed by atoms with E-state index in [1.165, 1.54) is 36.4 Å². The SMILES string of the molecule is CC(C)C[C@H](NC(=O)[C@H](Cc1ccc(O)cc1)NC(=O)[C@H](CCC(N)=O)NC(=O)[C@H](CO)NC(=O)[C@H](Cc1ccccc1)NC(=O)[C@H](CC(N)=O)NC(=O)[C@@H](N)Cc1ccc(C2(C(F)(F)F)N=N2)cc1)C(=O)N[C@@H](Cc1c[nH]c2ccccc12)C(=O)N[C@@H](CO)C(=O)O. The molecule has 1 aromatic heterocycles. The fourth-order valence-electron chi connectivity index (χ4n) is 9.76. The number of carbonyl (C=O) groups is 11. The summed E-state index contributed by atoms with van der Waals surface area (Å²) in [6, 6.07) is 10.1. The molecular weight excluding hydrogens is 1230 g/mol. The average molecular weight is 1300 g/mol. The molecule has 0 fully saturated rings. The zero-order valence-electron chi connectivity index (χ0n) is 50.3. The number of phenols is 1. The second-order valence-corrected chi connectivity index (χ2v) is 22.5. The highest BCUT2D eigenvalue weighted by molar-refractivity contribution is 5.99. The number of carbonyl (C=O) groups excluding carboxylic acids is 10. The Bertz CT molecular complexity index is 3530. The number of phenolic OH excluding ortho intramolecular Hbond substituents is 1. The number of aromatic hydroxyl groups is 1. The van der Waals surface area contributed by atoms with Crippen LogP contribution in [-0.2, 0) is 84.1 Å². The van der Waals surface area contributed by atoms with Crippen molar-refractivity contribution < 1.29 is 86.3 Å². The lowest BCUT2D eigenvalue weighted by atomic mass is 9.98. The third kappa shape index (κ3) is 20.6. The largest absolute Gasteiger partial charge is 0.508 e. The van der Waals surface area contributed by atoms with Gasteiger partial charge in [0.15, 0.2) is 0 Å². The van der Waals surface area contributed by atoms with E-state index >= 15 is 0 Å². The summed E-state index contributed by atoms with van der Waals surface area (Å²) < 4.78 is 40.7. The number of aliphatic hydroxyl groups is 2. The standard InChI is InChI=1S/C61H73F3N14O15/c1-31(2)22-42(53(86)74-45(56(89)76-48(30-80)59(92)93)26-35-28-68-40-11-7-6-10-38(35)40)71-54(87)44(25-34-14-18-37(81)19-15-34)72-52(85)41(20-21-49(66)82)69-58(91)47(29-79)75-55(88)43(24-32-8-4-3-5-9-32)73-57(90)46(27-50(67)83)70-51(84)39(65)23-33-12-16-36(17-13-33)60(77-78-60)61(62,63)64/h3-19,28,31,39,41-48,68,79-81H,20-27,29-30,65H2,1-2H3,(H2,66,82)(H2,67,83)(H,69,91)(H,70,84)(H,71,87)(H,72,85)(H,73,90)(H,74,86)(H,75,88)(H,76,89)(H,92,93)/t39-,41-,42-,43-,44-,45-,46-,47-,48-/m0/s1. The predicted octanol–water partition coefficient (Wildman–Crippen LogP) is -1.21. The lowest BCUT2D eigenvalue weighted by Gasteiger charge is -2.28. The Labute approximate surface area is 529 Å². The molecule has 93 heavy (non-hydrogen) atoms. The van der Waals surface area contributed by atoms with Crippen molar-refractivity contribution in [1.29, 1.82) is 0 Å². The number of aliphatic hydroxyl groups excluding tert-OH is 2. The van der Waals surface area contributed by atoms with Crippen molar-refractivity contribution in [2.24, 2.45) is 33.3 Å². The Morgan fingerprint density at radius 1 is 0.527 bits per heavy atom. The number of carboxylic acid groups (broad SMARTS) is 1. The number of amides is 10. The van der Waals surface area contributed by atoms with Crippen LogP contribution in [0, 0.1) is 5.92 Å². The van der Waals surface area contributed by atoms with Gasteiger partial charge in [-0.15, -0.1) is 10.2 Å². The monoisotopic (exact) mass is 1300 g/mol. The molecule has 32 heteroatoms. The highest BCUT2D eigenvalue weighted by atomic mass is 19.4. The number of rotatable bonds is 35. The lowest BCUT2D eigenvalue weighted by Crippen LogP contribution is -2.61. The molecular formula is C61H73F3N14O15. The highest BCUT2D eigenvalue weighted by Gasteiger charge is 2.65. The van der Waals surface area contributed by atoms with Gasteiger partial charge in [-0.05, 0) is 65.6 Å². The van der Waals surface area contributed by atoms with Crippen LogP contribution in [0.15, 0.2) is 120 Å². The van der Waals surface area contributed by atoms with Gasteiger partial charge in [-0.3, -0.25) is 47.9 Å². The first-order chi connectivity index (χ1) is 44.0. The van der Waals surface area contributed by atoms with Crippen molar-refractivity contribution in [2.75, 3.05) is 13.2 Å². The molecule has 6 rings (SSSR count). The van der Waals surface area contributed by atoms with Crippen molar-refractivity contribution in [3.63, 3.8) is 0 Å². The van der Waals surface area contributed by atoms with Gasteiger partial charge < -0.3 is 85.1 Å². The molecule has 1 aliphatic rings. The van der Waals surface area contributed by atoms with Gasteiger partial charge in [0.05, 0.1) is 25.7 Å². The molecule has 10 amide bonds. The molecule has 4 aromatic carbocycles. The topological polar surface area (TPSA) is 483 Å². The Balaban J connectivity index is 1.19. The lowest BCUT2D eigenvalue weighted by molar-refractivity contribution is -0.166. The summed E-state index contributed by atoms with van der Waals surface area (Å²) >= 11 is 0. The number of nitrogens with two attached hydrogens (primary N) is 3. The first-order valence-corrected chi connectivity index (χ1v) is 29.2. The van der Waals surface area contributed by atoms with E-state index in [0.717, 1.165) is 12.1 Å². The number of carboxylic acids is 1. The molecule has 0 bridgehead atoms. The minimum atomic E-state index is -4.80. The summed E-state index contributed by atoms with van der Waals surface area (Å²) in [6.45, 7) is 1.27. The van der Waals surface area contributed by atoms with Gasteiger partial charge in [-0.1, -0.05) is 98.8 Å². The first kappa shape index (κ1) is 71.7. The van der Waals surface area contributed by atoms with Gasteiger partial charge in [0.25, 0.3) is 0 Å². The van der Waals surface area contributed by atoms with Gasteiger partial charge in [0.2, 0.25) is 59.1 Å². The minimum absolute atomic E-state index is 0.0802. The number of hydrogen-bond acceptors (Lipinski definition) is 17. The molecule has 1 aliphatic heterocycles. The van der Waals surface area contributed by atoms with Gasteiger partial charge in [-0.25, -0.2) is 4.79 Å². The Hall–Kier alpha value is -10.3. The second kappa shape index (κ2) is 32.6. The average Bonchev–Trinajstić information content (AvgIpc) is 1.58. The molecule has 498 valence electrons. The van der Waals surface area contributed by atoms with Crippen LogP contribution in [0.4, 0.5) is 13.2 Å². The molecule has 0 aliphatic carbocycles. The number of aliphatic carboxylic acids is 1. The van der Waals surface area contributed by atoms with Gasteiger partial charge in [0, 0.05) is 48.3 Å². The van der Waals surface area contributed by atoms with Crippen molar-refractivity contribution in [1.82, 2.24) is 47.5 Å². The van der Waals surface area contributed by atoms with E-state index in [4.69, 9.17) is 17.2 Å². The number of hydrogen-bond donors (Lipinski definition) is 16. The number of nitrogens with one attached hydrogen (secondary N) is 9. The van der Waals surface area contributed by atoms with Crippen LogP contribution in [0.3, 0.4) is 0 Å². The summed E-state index contributed by atoms with van der Waals surface area (Å²) in [4.78, 5) is 152. The number of H-pyrrole nitrogens is 1. The maximum Gasteiger partial charge on any atom is 0.442 e. The van der Waals surface area contributed by atoms with E-state index < -0.39 is 164 Å². The fraction of sp³-hybridized carbons (Fsp3) is 0.393. The molecule has 5 aromatic rings. The van der Waals surface area contributed by atoms with Crippen LogP contribution >= 0.6 is 0 Å². The summed E-state index contributed by atoms with van der Waals surface area (Å²) in [7, 11) is 0. The third-order valence-corrected chi connectivity index (χ3v) is 14.8. The van der Waals surface area contributed by atoms with E-state index in [2.05, 4.69) is 57.7 Å². The number of aromatic amines is 1. The summed E-state index contributed by atoms with van der Waals surface area (Å²) in [6.07, 6.45) is -6.40. The van der Waals surface area contributed by atoms with E-state index in [9.17, 15) is 86.3 Å². The first-order valence-electron chi connectivity index (χ1n) is 29.2. The van der Waals surface area contributed by atoms with Crippen LogP contribution in [0.5, 0.6) is 5.75 Å². The summed E-state index contributed by atoms with van der Waals surface area (Å²) in [5.74, 6) is -12.8. The maximum atomic E-state index is 14.6. The van der Waals surface area contributed by atoms with E-state index in [-0.39, 0.29) is 49.3 Å². The van der Waals surface area contributed by atoms with Crippen LogP contribution in [0.2, 0.25) is 0 Å². The highest BCUT2D eigenvalue weighted by Crippen LogP contribution is 2.52. The molecule has 9 atom stereocenters. The maximum absolute atomic E-state index is 14.6. The zero-order valence-corrected chi connectivity index (χ0v) is 50.3. The smallest absolute Gasteiger partial charge is 0.442 e. The normalized spacial score (nSPS) is 15.3. The summed E-state index contributed by atoms with van der Waals surface area (Å²) in [5.41, 5.74) is 16.3.